The molecule has 3 unspecified atom stereocenters. The second kappa shape index (κ2) is 9.95. The zero-order valence-electron chi connectivity index (χ0n) is 13.3. The number of rotatable bonds is 6. The number of amides is 2. The van der Waals surface area contributed by atoms with Gasteiger partial charge in [-0.15, -0.1) is 12.4 Å². The second-order valence-electron chi connectivity index (χ2n) is 5.42. The maximum Gasteiger partial charge on any atom is 0.240 e. The summed E-state index contributed by atoms with van der Waals surface area (Å²) in [4.78, 5) is 23.0. The number of nitrogens with one attached hydrogen (secondary N) is 4. The molecule has 24 heavy (non-hydrogen) atoms. The molecule has 1 aliphatic heterocycles. The Morgan fingerprint density at radius 1 is 1.21 bits per heavy atom. The monoisotopic (exact) mass is 419 g/mol. The van der Waals surface area contributed by atoms with E-state index in [-0.39, 0.29) is 55.4 Å². The number of carbonyl (C=O) groups is 2. The van der Waals surface area contributed by atoms with Gasteiger partial charge in [-0.2, -0.15) is 0 Å². The van der Waals surface area contributed by atoms with Crippen molar-refractivity contribution in [3.63, 3.8) is 0 Å². The lowest BCUT2D eigenvalue weighted by Crippen LogP contribution is -2.50. The Hall–Kier alpha value is -1.19. The predicted molar refractivity (Wildman–Crippen MR) is 98.2 cm³/mol. The van der Waals surface area contributed by atoms with Crippen LogP contribution >= 0.6 is 28.3 Å². The highest BCUT2D eigenvalue weighted by molar-refractivity contribution is 9.10. The Labute approximate surface area is 156 Å². The summed E-state index contributed by atoms with van der Waals surface area (Å²) in [5.41, 5.74) is 12.7. The topological polar surface area (TPSA) is 108 Å². The van der Waals surface area contributed by atoms with Gasteiger partial charge in [-0.05, 0) is 24.1 Å². The fourth-order valence-corrected chi connectivity index (χ4v) is 2.94. The zero-order chi connectivity index (χ0) is 16.8. The SMILES string of the molecule is CCC1C(NC(=O)CNC(=O)CN)NNC1c1ccc(Br)cc1.Cl. The van der Waals surface area contributed by atoms with Crippen molar-refractivity contribution in [3.05, 3.63) is 34.3 Å². The Morgan fingerprint density at radius 3 is 2.46 bits per heavy atom. The third-order valence-corrected chi connectivity index (χ3v) is 4.43. The minimum absolute atomic E-state index is 0. The third kappa shape index (κ3) is 5.42. The van der Waals surface area contributed by atoms with Crippen molar-refractivity contribution in [2.75, 3.05) is 13.1 Å². The summed E-state index contributed by atoms with van der Waals surface area (Å²) < 4.78 is 1.03. The van der Waals surface area contributed by atoms with Crippen LogP contribution in [0.2, 0.25) is 0 Å². The van der Waals surface area contributed by atoms with E-state index in [2.05, 4.69) is 56.5 Å². The van der Waals surface area contributed by atoms with Gasteiger partial charge in [0, 0.05) is 10.4 Å². The zero-order valence-corrected chi connectivity index (χ0v) is 15.7. The first-order valence-corrected chi connectivity index (χ1v) is 8.37. The van der Waals surface area contributed by atoms with Crippen LogP contribution in [0.3, 0.4) is 0 Å². The molecule has 1 fully saturated rings. The van der Waals surface area contributed by atoms with Gasteiger partial charge in [-0.3, -0.25) is 9.59 Å². The standard InChI is InChI=1S/C15H22BrN5O2.ClH/c1-2-11-14(9-3-5-10(16)6-4-9)20-21-15(11)19-13(23)8-18-12(22)7-17;/h3-6,11,14-15,20-21H,2,7-8,17H2,1H3,(H,18,22)(H,19,23);1H. The molecule has 3 atom stereocenters. The summed E-state index contributed by atoms with van der Waals surface area (Å²) in [6.45, 7) is 1.88. The fourth-order valence-electron chi connectivity index (χ4n) is 2.68. The molecule has 9 heteroatoms. The van der Waals surface area contributed by atoms with E-state index in [1.165, 1.54) is 0 Å². The molecular formula is C15H23BrClN5O2. The summed E-state index contributed by atoms with van der Waals surface area (Å²) in [5, 5.41) is 5.35. The van der Waals surface area contributed by atoms with Crippen molar-refractivity contribution >= 4 is 40.2 Å². The summed E-state index contributed by atoms with van der Waals surface area (Å²) >= 11 is 3.43. The molecule has 0 spiro atoms. The van der Waals surface area contributed by atoms with Crippen molar-refractivity contribution in [3.8, 4) is 0 Å². The molecule has 1 heterocycles. The molecule has 1 aliphatic rings. The van der Waals surface area contributed by atoms with Gasteiger partial charge in [0.1, 0.15) is 0 Å². The molecule has 2 rings (SSSR count). The smallest absolute Gasteiger partial charge is 0.240 e. The van der Waals surface area contributed by atoms with Gasteiger partial charge >= 0.3 is 0 Å². The first-order valence-electron chi connectivity index (χ1n) is 7.57. The molecule has 1 saturated heterocycles. The number of carbonyl (C=O) groups excluding carboxylic acids is 2. The molecule has 0 radical (unpaired) electrons. The minimum Gasteiger partial charge on any atom is -0.346 e. The van der Waals surface area contributed by atoms with E-state index in [0.29, 0.717) is 0 Å². The van der Waals surface area contributed by atoms with Crippen LogP contribution in [-0.4, -0.2) is 31.1 Å². The predicted octanol–water partition coefficient (Wildman–Crippen LogP) is 0.563. The van der Waals surface area contributed by atoms with Crippen LogP contribution in [0, 0.1) is 5.92 Å². The van der Waals surface area contributed by atoms with Crippen molar-refractivity contribution in [2.24, 2.45) is 11.7 Å². The summed E-state index contributed by atoms with van der Waals surface area (Å²) in [6.07, 6.45) is 0.692. The van der Waals surface area contributed by atoms with Gasteiger partial charge in [0.2, 0.25) is 11.8 Å². The average molecular weight is 421 g/mol. The molecule has 1 aromatic carbocycles. The van der Waals surface area contributed by atoms with Crippen molar-refractivity contribution in [1.82, 2.24) is 21.5 Å². The van der Waals surface area contributed by atoms with Crippen LogP contribution in [-0.2, 0) is 9.59 Å². The quantitative estimate of drug-likeness (QED) is 0.462. The van der Waals surface area contributed by atoms with E-state index in [1.807, 2.05) is 12.1 Å². The minimum atomic E-state index is -0.350. The van der Waals surface area contributed by atoms with Crippen LogP contribution in [0.5, 0.6) is 0 Å². The summed E-state index contributed by atoms with van der Waals surface area (Å²) in [7, 11) is 0. The normalized spacial score (nSPS) is 22.5. The Morgan fingerprint density at radius 2 is 1.88 bits per heavy atom. The Kier molecular flexibility index (Phi) is 8.65. The molecule has 0 aromatic heterocycles. The molecule has 2 amide bonds. The number of hydrogen-bond donors (Lipinski definition) is 5. The Balaban J connectivity index is 0.00000288. The summed E-state index contributed by atoms with van der Waals surface area (Å²) in [5.74, 6) is -0.399. The molecule has 1 aromatic rings. The maximum absolute atomic E-state index is 11.9. The van der Waals surface area contributed by atoms with Crippen LogP contribution < -0.4 is 27.2 Å². The summed E-state index contributed by atoms with van der Waals surface area (Å²) in [6, 6.07) is 8.21. The van der Waals surface area contributed by atoms with E-state index in [4.69, 9.17) is 5.73 Å². The third-order valence-electron chi connectivity index (χ3n) is 3.90. The molecule has 6 N–H and O–H groups in total. The maximum atomic E-state index is 11.9. The van der Waals surface area contributed by atoms with Crippen LogP contribution in [0.25, 0.3) is 0 Å². The highest BCUT2D eigenvalue weighted by atomic mass is 79.9. The number of hydrogen-bond acceptors (Lipinski definition) is 5. The second-order valence-corrected chi connectivity index (χ2v) is 6.33. The lowest BCUT2D eigenvalue weighted by atomic mass is 9.90. The van der Waals surface area contributed by atoms with Gasteiger partial charge < -0.3 is 16.4 Å². The van der Waals surface area contributed by atoms with E-state index < -0.39 is 0 Å². The van der Waals surface area contributed by atoms with Crippen molar-refractivity contribution in [1.29, 1.82) is 0 Å². The van der Waals surface area contributed by atoms with E-state index in [0.717, 1.165) is 16.5 Å². The molecule has 134 valence electrons. The van der Waals surface area contributed by atoms with Gasteiger partial charge in [-0.1, -0.05) is 35.0 Å². The molecule has 0 saturated carbocycles. The van der Waals surface area contributed by atoms with Crippen LogP contribution in [0.1, 0.15) is 24.9 Å². The lowest BCUT2D eigenvalue weighted by molar-refractivity contribution is -0.126. The number of halogens is 2. The van der Waals surface area contributed by atoms with Gasteiger partial charge in [0.15, 0.2) is 0 Å². The Bertz CT molecular complexity index is 557. The van der Waals surface area contributed by atoms with E-state index in [1.54, 1.807) is 0 Å². The van der Waals surface area contributed by atoms with Crippen LogP contribution in [0.15, 0.2) is 28.7 Å². The van der Waals surface area contributed by atoms with Gasteiger partial charge in [0.05, 0.1) is 25.3 Å². The van der Waals surface area contributed by atoms with Gasteiger partial charge in [0.25, 0.3) is 0 Å². The number of hydrazine groups is 1. The first-order chi connectivity index (χ1) is 11.0. The number of nitrogens with two attached hydrogens (primary N) is 1. The average Bonchev–Trinajstić information content (AvgIpc) is 2.95. The fraction of sp³-hybridized carbons (Fsp3) is 0.467. The van der Waals surface area contributed by atoms with Crippen molar-refractivity contribution in [2.45, 2.75) is 25.6 Å². The van der Waals surface area contributed by atoms with E-state index in [9.17, 15) is 9.59 Å². The number of benzene rings is 1. The van der Waals surface area contributed by atoms with E-state index >= 15 is 0 Å². The van der Waals surface area contributed by atoms with Crippen molar-refractivity contribution < 1.29 is 9.59 Å². The van der Waals surface area contributed by atoms with Crippen LogP contribution in [0.4, 0.5) is 0 Å². The molecular weight excluding hydrogens is 398 g/mol. The largest absolute Gasteiger partial charge is 0.346 e. The molecule has 0 aliphatic carbocycles. The van der Waals surface area contributed by atoms with Gasteiger partial charge in [-0.25, -0.2) is 10.9 Å². The lowest BCUT2D eigenvalue weighted by Gasteiger charge is -2.22. The first kappa shape index (κ1) is 20.9. The highest BCUT2D eigenvalue weighted by Crippen LogP contribution is 2.30. The molecule has 0 bridgehead atoms. The molecule has 7 nitrogen and oxygen atoms in total. The highest BCUT2D eigenvalue weighted by Gasteiger charge is 2.36.